The molecule has 0 aliphatic rings. The lowest BCUT2D eigenvalue weighted by molar-refractivity contribution is 0.154. The summed E-state index contributed by atoms with van der Waals surface area (Å²) in [5.41, 5.74) is 8.82. The number of furan rings is 1. The van der Waals surface area contributed by atoms with Gasteiger partial charge in [0.05, 0.1) is 6.61 Å². The number of aryl methyl sites for hydroxylation is 3. The Kier molecular flexibility index (Phi) is 7.05. The lowest BCUT2D eigenvalue weighted by Crippen LogP contribution is -2.41. The van der Waals surface area contributed by atoms with Gasteiger partial charge in [-0.05, 0) is 61.9 Å². The molecule has 1 aromatic carbocycles. The van der Waals surface area contributed by atoms with Gasteiger partial charge in [0.2, 0.25) is 0 Å². The van der Waals surface area contributed by atoms with E-state index in [1.807, 2.05) is 12.1 Å². The molecule has 0 saturated heterocycles. The van der Waals surface area contributed by atoms with Crippen molar-refractivity contribution in [2.24, 2.45) is 5.73 Å². The Morgan fingerprint density at radius 3 is 2.63 bits per heavy atom. The van der Waals surface area contributed by atoms with Gasteiger partial charge in [0.25, 0.3) is 0 Å². The van der Waals surface area contributed by atoms with Crippen molar-refractivity contribution >= 4 is 7.82 Å². The zero-order valence-corrected chi connectivity index (χ0v) is 16.8. The molecule has 0 radical (unpaired) electrons. The molecule has 6 nitrogen and oxygen atoms in total. The molecule has 27 heavy (non-hydrogen) atoms. The van der Waals surface area contributed by atoms with Crippen LogP contribution in [0.2, 0.25) is 0 Å². The molecule has 0 bridgehead atoms. The first-order chi connectivity index (χ1) is 12.5. The molecule has 2 aromatic rings. The number of hydrogen-bond donors (Lipinski definition) is 3. The van der Waals surface area contributed by atoms with Crippen LogP contribution in [0.3, 0.4) is 0 Å². The minimum Gasteiger partial charge on any atom is -0.453 e. The third-order valence-corrected chi connectivity index (χ3v) is 4.71. The SMILES string of the molecule is Cc1ccc(CC#Cc2ccc(CCC(C)(N)COP(=O)(O)O)o2)cc1C. The van der Waals surface area contributed by atoms with E-state index >= 15 is 0 Å². The molecule has 0 spiro atoms. The van der Waals surface area contributed by atoms with E-state index in [4.69, 9.17) is 19.9 Å². The van der Waals surface area contributed by atoms with Gasteiger partial charge in [-0.1, -0.05) is 24.1 Å². The highest BCUT2D eigenvalue weighted by atomic mass is 31.2. The van der Waals surface area contributed by atoms with Gasteiger partial charge < -0.3 is 19.9 Å². The summed E-state index contributed by atoms with van der Waals surface area (Å²) >= 11 is 0. The average molecular weight is 391 g/mol. The topological polar surface area (TPSA) is 106 Å². The predicted octanol–water partition coefficient (Wildman–Crippen LogP) is 3.25. The molecule has 1 atom stereocenters. The van der Waals surface area contributed by atoms with Gasteiger partial charge in [0.1, 0.15) is 5.76 Å². The standard InChI is InChI=1S/C20H26NO5P/c1-15-7-8-17(13-16(15)2)5-4-6-18-9-10-19(26-18)11-12-20(3,21)14-25-27(22,23)24/h7-10,13H,5,11-12,14,21H2,1-3H3,(H2,22,23,24). The molecule has 0 amide bonds. The summed E-state index contributed by atoms with van der Waals surface area (Å²) in [6, 6.07) is 9.95. The monoisotopic (exact) mass is 391 g/mol. The van der Waals surface area contributed by atoms with E-state index in [0.717, 1.165) is 5.76 Å². The Hall–Kier alpha value is -1.87. The lowest BCUT2D eigenvalue weighted by Gasteiger charge is -2.23. The summed E-state index contributed by atoms with van der Waals surface area (Å²) < 4.78 is 20.9. The van der Waals surface area contributed by atoms with E-state index < -0.39 is 13.4 Å². The first-order valence-electron chi connectivity index (χ1n) is 8.67. The van der Waals surface area contributed by atoms with E-state index in [2.05, 4.69) is 48.4 Å². The quantitative estimate of drug-likeness (QED) is 0.494. The van der Waals surface area contributed by atoms with E-state index in [1.54, 1.807) is 6.92 Å². The van der Waals surface area contributed by atoms with Crippen LogP contribution in [0.15, 0.2) is 34.7 Å². The minimum absolute atomic E-state index is 0.236. The van der Waals surface area contributed by atoms with E-state index in [9.17, 15) is 4.57 Å². The van der Waals surface area contributed by atoms with Crippen LogP contribution in [0.5, 0.6) is 0 Å². The second kappa shape index (κ2) is 8.88. The van der Waals surface area contributed by atoms with Crippen LogP contribution in [-0.4, -0.2) is 21.9 Å². The van der Waals surface area contributed by atoms with Crippen molar-refractivity contribution in [1.82, 2.24) is 0 Å². The van der Waals surface area contributed by atoms with Crippen LogP contribution >= 0.6 is 7.82 Å². The smallest absolute Gasteiger partial charge is 0.453 e. The number of nitrogens with two attached hydrogens (primary N) is 1. The lowest BCUT2D eigenvalue weighted by atomic mass is 9.98. The van der Waals surface area contributed by atoms with Crippen molar-refractivity contribution in [3.05, 3.63) is 58.5 Å². The third-order valence-electron chi connectivity index (χ3n) is 4.24. The fourth-order valence-corrected chi connectivity index (χ4v) is 2.90. The summed E-state index contributed by atoms with van der Waals surface area (Å²) in [5.74, 6) is 7.43. The molecule has 4 N–H and O–H groups in total. The zero-order chi connectivity index (χ0) is 20.1. The number of phosphoric ester groups is 1. The summed E-state index contributed by atoms with van der Waals surface area (Å²) in [7, 11) is -4.52. The number of phosphoric acid groups is 1. The van der Waals surface area contributed by atoms with Crippen LogP contribution in [0.1, 0.15) is 41.6 Å². The van der Waals surface area contributed by atoms with Gasteiger partial charge in [-0.25, -0.2) is 4.57 Å². The molecule has 146 valence electrons. The van der Waals surface area contributed by atoms with E-state index in [1.165, 1.54) is 16.7 Å². The molecule has 0 aliphatic heterocycles. The Morgan fingerprint density at radius 1 is 1.22 bits per heavy atom. The average Bonchev–Trinajstić information content (AvgIpc) is 3.02. The summed E-state index contributed by atoms with van der Waals surface area (Å²) in [5, 5.41) is 0. The molecular weight excluding hydrogens is 365 g/mol. The van der Waals surface area contributed by atoms with Crippen molar-refractivity contribution in [2.75, 3.05) is 6.61 Å². The Balaban J connectivity index is 1.87. The number of benzene rings is 1. The maximum atomic E-state index is 10.8. The highest BCUT2D eigenvalue weighted by molar-refractivity contribution is 7.46. The minimum atomic E-state index is -4.52. The largest absolute Gasteiger partial charge is 0.469 e. The van der Waals surface area contributed by atoms with Gasteiger partial charge in [-0.2, -0.15) is 0 Å². The molecule has 0 saturated carbocycles. The van der Waals surface area contributed by atoms with Gasteiger partial charge in [-0.15, -0.1) is 0 Å². The first-order valence-corrected chi connectivity index (χ1v) is 10.2. The van der Waals surface area contributed by atoms with Crippen LogP contribution in [-0.2, 0) is 21.9 Å². The summed E-state index contributed by atoms with van der Waals surface area (Å²) in [6.07, 6.45) is 1.63. The number of rotatable bonds is 7. The molecular formula is C20H26NO5P. The fraction of sp³-hybridized carbons (Fsp3) is 0.400. The van der Waals surface area contributed by atoms with Crippen LogP contribution < -0.4 is 5.73 Å². The fourth-order valence-electron chi connectivity index (χ4n) is 2.44. The van der Waals surface area contributed by atoms with E-state index in [-0.39, 0.29) is 6.61 Å². The Bertz CT molecular complexity index is 885. The van der Waals surface area contributed by atoms with Crippen molar-refractivity contribution in [3.63, 3.8) is 0 Å². The molecule has 0 fully saturated rings. The van der Waals surface area contributed by atoms with Crippen molar-refractivity contribution < 1.29 is 23.3 Å². The molecule has 1 unspecified atom stereocenters. The predicted molar refractivity (Wildman–Crippen MR) is 104 cm³/mol. The van der Waals surface area contributed by atoms with Crippen molar-refractivity contribution in [1.29, 1.82) is 0 Å². The highest BCUT2D eigenvalue weighted by Crippen LogP contribution is 2.36. The van der Waals surface area contributed by atoms with Crippen LogP contribution in [0, 0.1) is 25.7 Å². The summed E-state index contributed by atoms with van der Waals surface area (Å²) in [4.78, 5) is 17.5. The number of hydrogen-bond acceptors (Lipinski definition) is 4. The third kappa shape index (κ3) is 7.72. The second-order valence-electron chi connectivity index (χ2n) is 7.08. The maximum Gasteiger partial charge on any atom is 0.469 e. The van der Waals surface area contributed by atoms with Crippen LogP contribution in [0.4, 0.5) is 0 Å². The van der Waals surface area contributed by atoms with Gasteiger partial charge >= 0.3 is 7.82 Å². The highest BCUT2D eigenvalue weighted by Gasteiger charge is 2.24. The normalized spacial score (nSPS) is 13.7. The molecule has 1 aromatic heterocycles. The van der Waals surface area contributed by atoms with Crippen LogP contribution in [0.25, 0.3) is 0 Å². The Morgan fingerprint density at radius 2 is 1.96 bits per heavy atom. The van der Waals surface area contributed by atoms with Gasteiger partial charge in [0.15, 0.2) is 5.76 Å². The van der Waals surface area contributed by atoms with Gasteiger partial charge in [-0.3, -0.25) is 4.52 Å². The first kappa shape index (κ1) is 21.4. The molecule has 2 rings (SSSR count). The molecule has 0 aliphatic carbocycles. The van der Waals surface area contributed by atoms with Gasteiger partial charge in [0, 0.05) is 18.4 Å². The summed E-state index contributed by atoms with van der Waals surface area (Å²) in [6.45, 7) is 5.61. The second-order valence-corrected chi connectivity index (χ2v) is 8.32. The Labute approximate surface area is 160 Å². The zero-order valence-electron chi connectivity index (χ0n) is 15.9. The molecule has 7 heteroatoms. The van der Waals surface area contributed by atoms with Crippen molar-refractivity contribution in [2.45, 2.75) is 45.6 Å². The van der Waals surface area contributed by atoms with Crippen molar-refractivity contribution in [3.8, 4) is 11.8 Å². The van der Waals surface area contributed by atoms with E-state index in [0.29, 0.717) is 25.0 Å². The molecule has 1 heterocycles. The maximum absolute atomic E-state index is 10.8.